The van der Waals surface area contributed by atoms with Gasteiger partial charge in [-0.1, -0.05) is 24.3 Å². The lowest BCUT2D eigenvalue weighted by Gasteiger charge is -2.06. The lowest BCUT2D eigenvalue weighted by molar-refractivity contribution is -0.114. The summed E-state index contributed by atoms with van der Waals surface area (Å²) in [5, 5.41) is 15.6. The molecule has 29 heavy (non-hydrogen) atoms. The topological polar surface area (TPSA) is 87.1 Å². The Morgan fingerprint density at radius 1 is 1.10 bits per heavy atom. The van der Waals surface area contributed by atoms with Crippen LogP contribution in [0.4, 0.5) is 11.5 Å². The van der Waals surface area contributed by atoms with Gasteiger partial charge in [-0.3, -0.25) is 4.79 Å². The van der Waals surface area contributed by atoms with Crippen LogP contribution < -0.4 is 10.6 Å². The van der Waals surface area contributed by atoms with Crippen molar-refractivity contribution in [2.75, 3.05) is 17.2 Å². The molecule has 0 saturated carbocycles. The first-order valence-corrected chi connectivity index (χ1v) is 10.0. The van der Waals surface area contributed by atoms with Crippen molar-refractivity contribution in [1.82, 2.24) is 9.97 Å². The van der Waals surface area contributed by atoms with Gasteiger partial charge in [0.25, 0.3) is 0 Å². The monoisotopic (exact) mass is 404 g/mol. The number of rotatable bonds is 6. The van der Waals surface area contributed by atoms with Gasteiger partial charge in [0, 0.05) is 24.0 Å². The molecule has 2 heterocycles. The van der Waals surface area contributed by atoms with Crippen LogP contribution in [0, 0.1) is 0 Å². The van der Waals surface area contributed by atoms with E-state index in [2.05, 4.69) is 20.6 Å². The number of phenols is 1. The van der Waals surface area contributed by atoms with Crippen molar-refractivity contribution in [2.45, 2.75) is 13.3 Å². The molecule has 2 aromatic heterocycles. The number of hydrogen-bond donors (Lipinski definition) is 3. The van der Waals surface area contributed by atoms with Gasteiger partial charge in [-0.25, -0.2) is 9.97 Å². The molecule has 0 unspecified atom stereocenters. The van der Waals surface area contributed by atoms with E-state index in [1.807, 2.05) is 42.5 Å². The van der Waals surface area contributed by atoms with Crippen molar-refractivity contribution in [1.29, 1.82) is 0 Å². The number of carbonyl (C=O) groups excluding carboxylic acids is 1. The Morgan fingerprint density at radius 3 is 2.72 bits per heavy atom. The number of fused-ring (bicyclic) bond motifs is 1. The number of hydrogen-bond acceptors (Lipinski definition) is 6. The van der Waals surface area contributed by atoms with E-state index in [4.69, 9.17) is 0 Å². The van der Waals surface area contributed by atoms with Crippen LogP contribution in [0.1, 0.15) is 12.5 Å². The molecule has 0 atom stereocenters. The molecular formula is C22H20N4O2S. The van der Waals surface area contributed by atoms with Gasteiger partial charge in [-0.15, -0.1) is 11.3 Å². The number of carbonyl (C=O) groups is 1. The minimum absolute atomic E-state index is 0.0931. The second kappa shape index (κ2) is 8.28. The molecule has 1 amide bonds. The molecule has 146 valence electrons. The first-order chi connectivity index (χ1) is 14.1. The molecular weight excluding hydrogens is 384 g/mol. The highest BCUT2D eigenvalue weighted by Gasteiger charge is 2.11. The summed E-state index contributed by atoms with van der Waals surface area (Å²) in [7, 11) is 0. The SMILES string of the molecule is CC(=O)Nc1cccc(-c2cc3ncnc(NCCc4ccc(O)cc4)c3s2)c1. The van der Waals surface area contributed by atoms with E-state index in [0.717, 1.165) is 50.7 Å². The molecule has 0 radical (unpaired) electrons. The van der Waals surface area contributed by atoms with Crippen molar-refractivity contribution in [2.24, 2.45) is 0 Å². The Balaban J connectivity index is 1.54. The van der Waals surface area contributed by atoms with E-state index in [-0.39, 0.29) is 11.7 Å². The molecule has 2 aromatic carbocycles. The first kappa shape index (κ1) is 18.9. The van der Waals surface area contributed by atoms with E-state index < -0.39 is 0 Å². The average Bonchev–Trinajstić information content (AvgIpc) is 3.14. The number of aromatic hydroxyl groups is 1. The van der Waals surface area contributed by atoms with Crippen LogP contribution in [0.15, 0.2) is 60.9 Å². The van der Waals surface area contributed by atoms with E-state index in [0.29, 0.717) is 0 Å². The highest BCUT2D eigenvalue weighted by Crippen LogP contribution is 2.36. The molecule has 6 nitrogen and oxygen atoms in total. The van der Waals surface area contributed by atoms with Crippen LogP contribution in [-0.2, 0) is 11.2 Å². The molecule has 0 aliphatic heterocycles. The Kier molecular flexibility index (Phi) is 5.39. The third kappa shape index (κ3) is 4.52. The molecule has 0 spiro atoms. The fraction of sp³-hybridized carbons (Fsp3) is 0.136. The van der Waals surface area contributed by atoms with Crippen LogP contribution in [0.2, 0.25) is 0 Å². The molecule has 0 aliphatic rings. The maximum absolute atomic E-state index is 11.3. The highest BCUT2D eigenvalue weighted by molar-refractivity contribution is 7.22. The van der Waals surface area contributed by atoms with Crippen molar-refractivity contribution in [3.63, 3.8) is 0 Å². The van der Waals surface area contributed by atoms with E-state index in [1.165, 1.54) is 6.92 Å². The summed E-state index contributed by atoms with van der Waals surface area (Å²) >= 11 is 1.62. The third-order valence-corrected chi connectivity index (χ3v) is 5.60. The summed E-state index contributed by atoms with van der Waals surface area (Å²) in [6.07, 6.45) is 2.39. The van der Waals surface area contributed by atoms with E-state index in [1.54, 1.807) is 29.8 Å². The Hall–Kier alpha value is -3.45. The molecule has 4 aromatic rings. The number of amides is 1. The zero-order valence-corrected chi connectivity index (χ0v) is 16.7. The van der Waals surface area contributed by atoms with Gasteiger partial charge < -0.3 is 15.7 Å². The first-order valence-electron chi connectivity index (χ1n) is 9.23. The predicted molar refractivity (Wildman–Crippen MR) is 117 cm³/mol. The second-order valence-corrected chi connectivity index (χ2v) is 7.70. The van der Waals surface area contributed by atoms with Crippen LogP contribution in [0.5, 0.6) is 5.75 Å². The van der Waals surface area contributed by atoms with Crippen molar-refractivity contribution < 1.29 is 9.90 Å². The molecule has 4 rings (SSSR count). The quantitative estimate of drug-likeness (QED) is 0.434. The average molecular weight is 404 g/mol. The maximum atomic E-state index is 11.3. The normalized spacial score (nSPS) is 10.8. The number of nitrogens with one attached hydrogen (secondary N) is 2. The van der Waals surface area contributed by atoms with Gasteiger partial charge in [0.2, 0.25) is 5.91 Å². The lowest BCUT2D eigenvalue weighted by atomic mass is 10.1. The number of nitrogens with zero attached hydrogens (tertiary/aromatic N) is 2. The fourth-order valence-electron chi connectivity index (χ4n) is 3.06. The second-order valence-electron chi connectivity index (χ2n) is 6.65. The van der Waals surface area contributed by atoms with Gasteiger partial charge in [0.05, 0.1) is 10.2 Å². The Bertz CT molecular complexity index is 1160. The summed E-state index contributed by atoms with van der Waals surface area (Å²) in [6.45, 7) is 2.22. The van der Waals surface area contributed by atoms with Crippen LogP contribution >= 0.6 is 11.3 Å². The van der Waals surface area contributed by atoms with Crippen molar-refractivity contribution in [3.05, 3.63) is 66.5 Å². The van der Waals surface area contributed by atoms with Crippen LogP contribution in [0.3, 0.4) is 0 Å². The highest BCUT2D eigenvalue weighted by atomic mass is 32.1. The smallest absolute Gasteiger partial charge is 0.221 e. The molecule has 0 saturated heterocycles. The van der Waals surface area contributed by atoms with Gasteiger partial charge in [-0.2, -0.15) is 0 Å². The maximum Gasteiger partial charge on any atom is 0.221 e. The predicted octanol–water partition coefficient (Wildman–Crippen LogP) is 4.68. The van der Waals surface area contributed by atoms with Crippen LogP contribution in [-0.4, -0.2) is 27.5 Å². The summed E-state index contributed by atoms with van der Waals surface area (Å²) in [5.41, 5.74) is 3.82. The van der Waals surface area contributed by atoms with Crippen LogP contribution in [0.25, 0.3) is 20.7 Å². The van der Waals surface area contributed by atoms with Gasteiger partial charge in [0.1, 0.15) is 17.9 Å². The van der Waals surface area contributed by atoms with E-state index in [9.17, 15) is 9.90 Å². The summed E-state index contributed by atoms with van der Waals surface area (Å²) in [5.74, 6) is 0.987. The third-order valence-electron chi connectivity index (χ3n) is 4.42. The number of phenolic OH excluding ortho intramolecular Hbond substituents is 1. The lowest BCUT2D eigenvalue weighted by Crippen LogP contribution is -2.06. The number of anilines is 2. The number of thiophene rings is 1. The minimum Gasteiger partial charge on any atom is -0.508 e. The summed E-state index contributed by atoms with van der Waals surface area (Å²) in [4.78, 5) is 21.2. The number of benzene rings is 2. The van der Waals surface area contributed by atoms with E-state index >= 15 is 0 Å². The van der Waals surface area contributed by atoms with Gasteiger partial charge >= 0.3 is 0 Å². The Morgan fingerprint density at radius 2 is 1.93 bits per heavy atom. The molecule has 0 bridgehead atoms. The molecule has 0 fully saturated rings. The standard InChI is InChI=1S/C22H20N4O2S/c1-14(27)26-17-4-2-3-16(11-17)20-12-19-21(29-20)22(25-13-24-19)23-10-9-15-5-7-18(28)8-6-15/h2-8,11-13,28H,9-10H2,1H3,(H,26,27)(H,23,24,25). The minimum atomic E-state index is -0.0931. The summed E-state index contributed by atoms with van der Waals surface area (Å²) < 4.78 is 0.998. The zero-order valence-electron chi connectivity index (χ0n) is 15.8. The van der Waals surface area contributed by atoms with Crippen molar-refractivity contribution in [3.8, 4) is 16.2 Å². The van der Waals surface area contributed by atoms with Crippen molar-refractivity contribution >= 4 is 39.0 Å². The Labute approximate surface area is 172 Å². The van der Waals surface area contributed by atoms with Gasteiger partial charge in [0.15, 0.2) is 0 Å². The molecule has 0 aliphatic carbocycles. The largest absolute Gasteiger partial charge is 0.508 e. The number of aromatic nitrogens is 2. The summed E-state index contributed by atoms with van der Waals surface area (Å²) in [6, 6.07) is 17.0. The zero-order chi connectivity index (χ0) is 20.2. The van der Waals surface area contributed by atoms with Gasteiger partial charge in [-0.05, 0) is 47.9 Å². The molecule has 3 N–H and O–H groups in total. The fourth-order valence-corrected chi connectivity index (χ4v) is 4.14. The molecule has 7 heteroatoms.